The van der Waals surface area contributed by atoms with Crippen molar-refractivity contribution < 1.29 is 17.2 Å². The van der Waals surface area contributed by atoms with Crippen molar-refractivity contribution in [2.24, 2.45) is 0 Å². The zero-order valence-electron chi connectivity index (χ0n) is 10.8. The van der Waals surface area contributed by atoms with Gasteiger partial charge >= 0.3 is 0 Å². The molecule has 21 heavy (non-hydrogen) atoms. The lowest BCUT2D eigenvalue weighted by Gasteiger charge is -2.12. The quantitative estimate of drug-likeness (QED) is 0.806. The fourth-order valence-corrected chi connectivity index (χ4v) is 3.42. The number of rotatable bonds is 3. The molecule has 2 aromatic rings. The maximum atomic E-state index is 13.9. The molecule has 0 heterocycles. The number of nitrogens with two attached hydrogens (primary N) is 1. The monoisotopic (exact) mass is 376 g/mol. The van der Waals surface area contributed by atoms with Gasteiger partial charge in [0, 0.05) is 4.47 Å². The van der Waals surface area contributed by atoms with Gasteiger partial charge in [-0.2, -0.15) is 0 Å². The Bertz CT molecular complexity index is 810. The number of halogens is 3. The molecule has 4 nitrogen and oxygen atoms in total. The second kappa shape index (κ2) is 5.61. The summed E-state index contributed by atoms with van der Waals surface area (Å²) >= 11 is 3.12. The highest BCUT2D eigenvalue weighted by Gasteiger charge is 2.22. The SMILES string of the molecule is Cc1ccc(F)c(NS(=O)(=O)c2cc(Br)ccc2N)c1F. The average molecular weight is 377 g/mol. The van der Waals surface area contributed by atoms with Gasteiger partial charge in [0.1, 0.15) is 16.4 Å². The normalized spacial score (nSPS) is 11.4. The van der Waals surface area contributed by atoms with Crippen LogP contribution in [0, 0.1) is 18.6 Å². The molecule has 3 N–H and O–H groups in total. The Kier molecular flexibility index (Phi) is 4.20. The van der Waals surface area contributed by atoms with Gasteiger partial charge in [-0.1, -0.05) is 22.0 Å². The van der Waals surface area contributed by atoms with E-state index in [0.29, 0.717) is 4.47 Å². The maximum absolute atomic E-state index is 13.9. The van der Waals surface area contributed by atoms with Crippen LogP contribution in [0.4, 0.5) is 20.2 Å². The minimum absolute atomic E-state index is 0.0285. The molecular formula is C13H11BrF2N2O2S. The van der Waals surface area contributed by atoms with Crippen LogP contribution in [0.1, 0.15) is 5.56 Å². The van der Waals surface area contributed by atoms with E-state index in [0.717, 1.165) is 6.07 Å². The molecule has 0 aromatic heterocycles. The van der Waals surface area contributed by atoms with E-state index in [4.69, 9.17) is 5.73 Å². The Balaban J connectivity index is 2.53. The van der Waals surface area contributed by atoms with Crippen LogP contribution < -0.4 is 10.5 Å². The second-order valence-corrected chi connectivity index (χ2v) is 6.91. The number of hydrogen-bond donors (Lipinski definition) is 2. The predicted octanol–water partition coefficient (Wildman–Crippen LogP) is 3.42. The summed E-state index contributed by atoms with van der Waals surface area (Å²) in [6.45, 7) is 1.40. The van der Waals surface area contributed by atoms with Crippen molar-refractivity contribution in [3.8, 4) is 0 Å². The molecule has 0 unspecified atom stereocenters. The van der Waals surface area contributed by atoms with Crippen molar-refractivity contribution in [2.75, 3.05) is 10.5 Å². The Hall–Kier alpha value is -1.67. The van der Waals surface area contributed by atoms with Crippen LogP contribution in [-0.2, 0) is 10.0 Å². The fraction of sp³-hybridized carbons (Fsp3) is 0.0769. The first-order valence-electron chi connectivity index (χ1n) is 5.75. The molecule has 0 spiro atoms. The first-order chi connectivity index (χ1) is 9.72. The fourth-order valence-electron chi connectivity index (χ4n) is 1.68. The van der Waals surface area contributed by atoms with Crippen LogP contribution in [-0.4, -0.2) is 8.42 Å². The van der Waals surface area contributed by atoms with Gasteiger partial charge in [-0.05, 0) is 36.8 Å². The summed E-state index contributed by atoms with van der Waals surface area (Å²) in [5.41, 5.74) is 4.97. The summed E-state index contributed by atoms with van der Waals surface area (Å²) in [6, 6.07) is 6.39. The van der Waals surface area contributed by atoms with Crippen LogP contribution in [0.2, 0.25) is 0 Å². The Morgan fingerprint density at radius 3 is 2.52 bits per heavy atom. The molecule has 0 fully saturated rings. The maximum Gasteiger partial charge on any atom is 0.264 e. The first-order valence-corrected chi connectivity index (χ1v) is 8.02. The third-order valence-corrected chi connectivity index (χ3v) is 4.68. The minimum atomic E-state index is -4.21. The molecule has 0 aliphatic carbocycles. The van der Waals surface area contributed by atoms with Gasteiger partial charge in [0.25, 0.3) is 10.0 Å². The van der Waals surface area contributed by atoms with Gasteiger partial charge in [-0.25, -0.2) is 17.2 Å². The average Bonchev–Trinajstić information content (AvgIpc) is 2.42. The first kappa shape index (κ1) is 15.7. The highest BCUT2D eigenvalue weighted by molar-refractivity contribution is 9.10. The van der Waals surface area contributed by atoms with E-state index in [1.54, 1.807) is 6.07 Å². The summed E-state index contributed by atoms with van der Waals surface area (Å²) in [6.07, 6.45) is 0. The molecule has 0 amide bonds. The molecule has 0 atom stereocenters. The number of nitrogens with one attached hydrogen (secondary N) is 1. The van der Waals surface area contributed by atoms with Gasteiger partial charge in [-0.15, -0.1) is 0 Å². The van der Waals surface area contributed by atoms with Gasteiger partial charge in [0.2, 0.25) is 0 Å². The van der Waals surface area contributed by atoms with E-state index in [-0.39, 0.29) is 16.1 Å². The number of benzene rings is 2. The number of anilines is 2. The number of hydrogen-bond acceptors (Lipinski definition) is 3. The van der Waals surface area contributed by atoms with E-state index < -0.39 is 27.3 Å². The third-order valence-electron chi connectivity index (χ3n) is 2.79. The van der Waals surface area contributed by atoms with E-state index >= 15 is 0 Å². The molecule has 0 saturated carbocycles. The van der Waals surface area contributed by atoms with E-state index in [9.17, 15) is 17.2 Å². The van der Waals surface area contributed by atoms with Crippen LogP contribution in [0.3, 0.4) is 0 Å². The number of nitrogen functional groups attached to an aromatic ring is 1. The van der Waals surface area contributed by atoms with E-state index in [1.165, 1.54) is 25.1 Å². The van der Waals surface area contributed by atoms with Crippen LogP contribution >= 0.6 is 15.9 Å². The summed E-state index contributed by atoms with van der Waals surface area (Å²) in [5, 5.41) is 0. The van der Waals surface area contributed by atoms with E-state index in [1.807, 2.05) is 4.72 Å². The lowest BCUT2D eigenvalue weighted by atomic mass is 10.2. The second-order valence-electron chi connectivity index (χ2n) is 4.34. The Morgan fingerprint density at radius 1 is 1.19 bits per heavy atom. The van der Waals surface area contributed by atoms with Crippen molar-refractivity contribution in [2.45, 2.75) is 11.8 Å². The number of sulfonamides is 1. The van der Waals surface area contributed by atoms with Crippen molar-refractivity contribution in [1.29, 1.82) is 0 Å². The van der Waals surface area contributed by atoms with Crippen molar-refractivity contribution in [3.63, 3.8) is 0 Å². The zero-order chi connectivity index (χ0) is 15.8. The van der Waals surface area contributed by atoms with Crippen molar-refractivity contribution in [3.05, 3.63) is 52.0 Å². The Labute approximate surface area is 129 Å². The molecule has 2 rings (SSSR count). The Morgan fingerprint density at radius 2 is 1.86 bits per heavy atom. The zero-order valence-corrected chi connectivity index (χ0v) is 13.2. The van der Waals surface area contributed by atoms with Crippen LogP contribution in [0.15, 0.2) is 39.7 Å². The minimum Gasteiger partial charge on any atom is -0.398 e. The van der Waals surface area contributed by atoms with Crippen LogP contribution in [0.25, 0.3) is 0 Å². The molecule has 0 aliphatic rings. The summed E-state index contributed by atoms with van der Waals surface area (Å²) < 4.78 is 54.4. The lowest BCUT2D eigenvalue weighted by molar-refractivity contribution is 0.579. The molecule has 0 aliphatic heterocycles. The molecule has 2 aromatic carbocycles. The van der Waals surface area contributed by atoms with Gasteiger partial charge in [0.05, 0.1) is 5.69 Å². The molecule has 112 valence electrons. The topological polar surface area (TPSA) is 72.2 Å². The standard InChI is InChI=1S/C13H11BrF2N2O2S/c1-7-2-4-9(15)13(12(7)16)18-21(19,20)11-6-8(14)3-5-10(11)17/h2-6,18H,17H2,1H3. The van der Waals surface area contributed by atoms with Gasteiger partial charge < -0.3 is 5.73 Å². The molecule has 0 radical (unpaired) electrons. The summed E-state index contributed by atoms with van der Waals surface area (Å²) in [4.78, 5) is -0.266. The molecule has 8 heteroatoms. The summed E-state index contributed by atoms with van der Waals surface area (Å²) in [7, 11) is -4.21. The molecular weight excluding hydrogens is 366 g/mol. The lowest BCUT2D eigenvalue weighted by Crippen LogP contribution is -2.17. The largest absolute Gasteiger partial charge is 0.398 e. The summed E-state index contributed by atoms with van der Waals surface area (Å²) in [5.74, 6) is -1.97. The van der Waals surface area contributed by atoms with Gasteiger partial charge in [0.15, 0.2) is 5.82 Å². The highest BCUT2D eigenvalue weighted by atomic mass is 79.9. The molecule has 0 saturated heterocycles. The molecule has 0 bridgehead atoms. The highest BCUT2D eigenvalue weighted by Crippen LogP contribution is 2.28. The van der Waals surface area contributed by atoms with Crippen LogP contribution in [0.5, 0.6) is 0 Å². The van der Waals surface area contributed by atoms with Crippen molar-refractivity contribution >= 4 is 37.3 Å². The van der Waals surface area contributed by atoms with Crippen molar-refractivity contribution in [1.82, 2.24) is 0 Å². The smallest absolute Gasteiger partial charge is 0.264 e. The van der Waals surface area contributed by atoms with Gasteiger partial charge in [-0.3, -0.25) is 4.72 Å². The predicted molar refractivity (Wildman–Crippen MR) is 80.5 cm³/mol. The third kappa shape index (κ3) is 3.16. The number of aryl methyl sites for hydroxylation is 1. The van der Waals surface area contributed by atoms with E-state index in [2.05, 4.69) is 15.9 Å².